The van der Waals surface area contributed by atoms with Gasteiger partial charge in [-0.15, -0.1) is 0 Å². The third-order valence-corrected chi connectivity index (χ3v) is 3.67. The second-order valence-electron chi connectivity index (χ2n) is 5.75. The Balaban J connectivity index is 1.78. The Hall–Kier alpha value is -3.34. The van der Waals surface area contributed by atoms with Gasteiger partial charge in [0, 0.05) is 12.7 Å². The van der Waals surface area contributed by atoms with Crippen molar-refractivity contribution in [3.05, 3.63) is 78.6 Å². The molecule has 0 unspecified atom stereocenters. The second kappa shape index (κ2) is 8.67. The van der Waals surface area contributed by atoms with Crippen molar-refractivity contribution in [1.82, 2.24) is 10.3 Å². The Bertz CT molecular complexity index is 866. The number of benzene rings is 2. The molecule has 2 aromatic carbocycles. The fraction of sp³-hybridized carbons (Fsp3) is 0.143. The molecule has 3 rings (SSSR count). The van der Waals surface area contributed by atoms with Gasteiger partial charge in [0.15, 0.2) is 5.75 Å². The van der Waals surface area contributed by atoms with Crippen molar-refractivity contribution in [2.75, 3.05) is 11.9 Å². The van der Waals surface area contributed by atoms with Crippen molar-refractivity contribution < 1.29 is 9.53 Å². The predicted molar refractivity (Wildman–Crippen MR) is 103 cm³/mol. The van der Waals surface area contributed by atoms with E-state index in [4.69, 9.17) is 4.74 Å². The van der Waals surface area contributed by atoms with Crippen LogP contribution in [0.1, 0.15) is 23.7 Å². The standard InChI is InChI=1S/C21H21N3O2/c1-2-12-23-21(25)16-13-17(15-22-14-16)24-19-10-6-7-11-20(19)26-18-8-4-3-5-9-18/h3-11,13-15,24H,2,12H2,1H3,(H,23,25). The lowest BCUT2D eigenvalue weighted by molar-refractivity contribution is 0.0953. The van der Waals surface area contributed by atoms with E-state index in [2.05, 4.69) is 15.6 Å². The first kappa shape index (κ1) is 17.5. The maximum Gasteiger partial charge on any atom is 0.252 e. The molecule has 0 bridgehead atoms. The van der Waals surface area contributed by atoms with Gasteiger partial charge in [-0.25, -0.2) is 0 Å². The quantitative estimate of drug-likeness (QED) is 0.647. The fourth-order valence-corrected chi connectivity index (χ4v) is 2.40. The molecule has 0 radical (unpaired) electrons. The number of nitrogens with one attached hydrogen (secondary N) is 2. The second-order valence-corrected chi connectivity index (χ2v) is 5.75. The van der Waals surface area contributed by atoms with Crippen LogP contribution in [-0.4, -0.2) is 17.4 Å². The summed E-state index contributed by atoms with van der Waals surface area (Å²) in [5.74, 6) is 1.32. The first-order chi connectivity index (χ1) is 12.8. The van der Waals surface area contributed by atoms with E-state index in [9.17, 15) is 4.79 Å². The molecule has 26 heavy (non-hydrogen) atoms. The van der Waals surface area contributed by atoms with Gasteiger partial charge in [0.05, 0.1) is 23.1 Å². The molecule has 1 aromatic heterocycles. The largest absolute Gasteiger partial charge is 0.455 e. The fourth-order valence-electron chi connectivity index (χ4n) is 2.40. The van der Waals surface area contributed by atoms with Crippen LogP contribution in [0.5, 0.6) is 11.5 Å². The Morgan fingerprint density at radius 1 is 1.04 bits per heavy atom. The molecular formula is C21H21N3O2. The molecule has 0 spiro atoms. The highest BCUT2D eigenvalue weighted by molar-refractivity contribution is 5.94. The van der Waals surface area contributed by atoms with E-state index in [1.807, 2.05) is 61.5 Å². The minimum Gasteiger partial charge on any atom is -0.455 e. The first-order valence-corrected chi connectivity index (χ1v) is 8.58. The summed E-state index contributed by atoms with van der Waals surface area (Å²) in [6, 6.07) is 19.0. The van der Waals surface area contributed by atoms with Crippen LogP contribution in [0.3, 0.4) is 0 Å². The highest BCUT2D eigenvalue weighted by Crippen LogP contribution is 2.31. The number of pyridine rings is 1. The number of hydrogen-bond acceptors (Lipinski definition) is 4. The smallest absolute Gasteiger partial charge is 0.252 e. The number of ether oxygens (including phenoxy) is 1. The molecule has 0 fully saturated rings. The number of aromatic nitrogens is 1. The molecule has 2 N–H and O–H groups in total. The molecule has 0 aliphatic carbocycles. The summed E-state index contributed by atoms with van der Waals surface area (Å²) in [7, 11) is 0. The SMILES string of the molecule is CCCNC(=O)c1cncc(Nc2ccccc2Oc2ccccc2)c1. The molecule has 1 heterocycles. The van der Waals surface area contributed by atoms with E-state index >= 15 is 0 Å². The zero-order chi connectivity index (χ0) is 18.2. The number of amides is 1. The Morgan fingerprint density at radius 2 is 1.81 bits per heavy atom. The molecule has 1 amide bonds. The molecule has 132 valence electrons. The minimum absolute atomic E-state index is 0.128. The summed E-state index contributed by atoms with van der Waals surface area (Å²) in [5, 5.41) is 6.13. The van der Waals surface area contributed by atoms with Gasteiger partial charge < -0.3 is 15.4 Å². The molecule has 3 aromatic rings. The van der Waals surface area contributed by atoms with Crippen LogP contribution < -0.4 is 15.4 Å². The molecule has 5 nitrogen and oxygen atoms in total. The van der Waals surface area contributed by atoms with E-state index in [1.165, 1.54) is 0 Å². The third kappa shape index (κ3) is 4.60. The van der Waals surface area contributed by atoms with Crippen LogP contribution in [0.2, 0.25) is 0 Å². The number of para-hydroxylation sites is 3. The number of nitrogens with zero attached hydrogens (tertiary/aromatic N) is 1. The molecule has 0 aliphatic rings. The molecule has 5 heteroatoms. The van der Waals surface area contributed by atoms with Crippen LogP contribution in [0.4, 0.5) is 11.4 Å². The summed E-state index contributed by atoms with van der Waals surface area (Å²) >= 11 is 0. The highest BCUT2D eigenvalue weighted by atomic mass is 16.5. The lowest BCUT2D eigenvalue weighted by Crippen LogP contribution is -2.24. The lowest BCUT2D eigenvalue weighted by Gasteiger charge is -2.13. The first-order valence-electron chi connectivity index (χ1n) is 8.58. The van der Waals surface area contributed by atoms with Crippen LogP contribution >= 0.6 is 0 Å². The van der Waals surface area contributed by atoms with E-state index in [0.29, 0.717) is 17.9 Å². The van der Waals surface area contributed by atoms with E-state index in [-0.39, 0.29) is 5.91 Å². The van der Waals surface area contributed by atoms with Crippen LogP contribution in [0.25, 0.3) is 0 Å². The van der Waals surface area contributed by atoms with Gasteiger partial charge >= 0.3 is 0 Å². The topological polar surface area (TPSA) is 63.2 Å². The lowest BCUT2D eigenvalue weighted by atomic mass is 10.2. The summed E-state index contributed by atoms with van der Waals surface area (Å²) in [6.07, 6.45) is 4.12. The molecule has 0 atom stereocenters. The minimum atomic E-state index is -0.128. The highest BCUT2D eigenvalue weighted by Gasteiger charge is 2.08. The zero-order valence-electron chi connectivity index (χ0n) is 14.6. The predicted octanol–water partition coefficient (Wildman–Crippen LogP) is 4.76. The molecular weight excluding hydrogens is 326 g/mol. The molecule has 0 saturated heterocycles. The Morgan fingerprint density at radius 3 is 2.62 bits per heavy atom. The summed E-state index contributed by atoms with van der Waals surface area (Å²) < 4.78 is 5.95. The van der Waals surface area contributed by atoms with Gasteiger partial charge in [0.1, 0.15) is 5.75 Å². The van der Waals surface area contributed by atoms with Gasteiger partial charge in [0.25, 0.3) is 5.91 Å². The van der Waals surface area contributed by atoms with Crippen molar-refractivity contribution in [1.29, 1.82) is 0 Å². The molecule has 0 aliphatic heterocycles. The number of carbonyl (C=O) groups excluding carboxylic acids is 1. The summed E-state index contributed by atoms with van der Waals surface area (Å²) in [5.41, 5.74) is 2.03. The summed E-state index contributed by atoms with van der Waals surface area (Å²) in [4.78, 5) is 16.3. The molecule has 0 saturated carbocycles. The number of rotatable bonds is 7. The average Bonchev–Trinajstić information content (AvgIpc) is 2.69. The third-order valence-electron chi connectivity index (χ3n) is 3.67. The zero-order valence-corrected chi connectivity index (χ0v) is 14.6. The van der Waals surface area contributed by atoms with Gasteiger partial charge in [-0.3, -0.25) is 9.78 Å². The van der Waals surface area contributed by atoms with E-state index < -0.39 is 0 Å². The van der Waals surface area contributed by atoms with Crippen molar-refractivity contribution in [3.63, 3.8) is 0 Å². The van der Waals surface area contributed by atoms with Gasteiger partial charge in [-0.1, -0.05) is 37.3 Å². The summed E-state index contributed by atoms with van der Waals surface area (Å²) in [6.45, 7) is 2.66. The van der Waals surface area contributed by atoms with Gasteiger partial charge in [-0.05, 0) is 36.8 Å². The van der Waals surface area contributed by atoms with Gasteiger partial charge in [0.2, 0.25) is 0 Å². The number of anilines is 2. The van der Waals surface area contributed by atoms with Gasteiger partial charge in [-0.2, -0.15) is 0 Å². The van der Waals surface area contributed by atoms with E-state index in [1.54, 1.807) is 18.5 Å². The number of carbonyl (C=O) groups is 1. The Labute approximate surface area is 153 Å². The Kier molecular flexibility index (Phi) is 5.83. The number of hydrogen-bond donors (Lipinski definition) is 2. The van der Waals surface area contributed by atoms with Crippen LogP contribution in [0.15, 0.2) is 73.1 Å². The van der Waals surface area contributed by atoms with Crippen LogP contribution in [-0.2, 0) is 0 Å². The maximum atomic E-state index is 12.1. The van der Waals surface area contributed by atoms with Crippen molar-refractivity contribution in [2.45, 2.75) is 13.3 Å². The van der Waals surface area contributed by atoms with Crippen LogP contribution in [0, 0.1) is 0 Å². The monoisotopic (exact) mass is 347 g/mol. The van der Waals surface area contributed by atoms with Crippen molar-refractivity contribution >= 4 is 17.3 Å². The van der Waals surface area contributed by atoms with Crippen molar-refractivity contribution in [3.8, 4) is 11.5 Å². The van der Waals surface area contributed by atoms with Crippen molar-refractivity contribution in [2.24, 2.45) is 0 Å². The van der Waals surface area contributed by atoms with E-state index in [0.717, 1.165) is 23.5 Å². The average molecular weight is 347 g/mol. The normalized spacial score (nSPS) is 10.2. The maximum absolute atomic E-state index is 12.1.